The molecule has 0 rings (SSSR count). The van der Waals surface area contributed by atoms with E-state index in [1.807, 2.05) is 0 Å². The number of halogens is 2. The van der Waals surface area contributed by atoms with E-state index in [0.717, 1.165) is 0 Å². The van der Waals surface area contributed by atoms with Crippen LogP contribution in [0, 0.1) is 0 Å². The third kappa shape index (κ3) is 5.34. The average Bonchev–Trinajstić information content (AvgIpc) is 1.66. The molecule has 0 amide bonds. The molecular formula is C6H8F2. The van der Waals surface area contributed by atoms with Crippen molar-refractivity contribution in [3.05, 3.63) is 24.8 Å². The normalized spacial score (nSPS) is 10.2. The molecule has 0 aromatic heterocycles. The molecule has 0 atom stereocenters. The van der Waals surface area contributed by atoms with Crippen molar-refractivity contribution in [3.63, 3.8) is 0 Å². The fourth-order valence-corrected chi connectivity index (χ4v) is 0.303. The highest BCUT2D eigenvalue weighted by atomic mass is 19.1. The van der Waals surface area contributed by atoms with Crippen molar-refractivity contribution < 1.29 is 8.78 Å². The van der Waals surface area contributed by atoms with E-state index in [4.69, 9.17) is 0 Å². The van der Waals surface area contributed by atoms with Crippen LogP contribution in [0.3, 0.4) is 0 Å². The highest BCUT2D eigenvalue weighted by molar-refractivity contribution is 4.84. The summed E-state index contributed by atoms with van der Waals surface area (Å²) in [6, 6.07) is 0. The van der Waals surface area contributed by atoms with Crippen molar-refractivity contribution in [2.24, 2.45) is 0 Å². The maximum atomic E-state index is 11.7. The van der Waals surface area contributed by atoms with Gasteiger partial charge < -0.3 is 0 Å². The lowest BCUT2D eigenvalue weighted by molar-refractivity contribution is 0.594. The van der Waals surface area contributed by atoms with Crippen molar-refractivity contribution in [1.29, 1.82) is 0 Å². The van der Waals surface area contributed by atoms with Crippen molar-refractivity contribution in [1.82, 2.24) is 0 Å². The van der Waals surface area contributed by atoms with Crippen molar-refractivity contribution in [3.8, 4) is 0 Å². The highest BCUT2D eigenvalue weighted by Gasteiger charge is 1.84. The summed E-state index contributed by atoms with van der Waals surface area (Å²) in [5.41, 5.74) is 0. The maximum absolute atomic E-state index is 11.7. The molecule has 0 aromatic rings. The Bertz CT molecular complexity index is 94.7. The van der Waals surface area contributed by atoms with E-state index in [1.165, 1.54) is 6.08 Å². The van der Waals surface area contributed by atoms with E-state index in [2.05, 4.69) is 6.58 Å². The number of hydrogen-bond acceptors (Lipinski definition) is 0. The van der Waals surface area contributed by atoms with E-state index in [1.54, 1.807) is 0 Å². The van der Waals surface area contributed by atoms with Gasteiger partial charge in [0.05, 0.1) is 12.2 Å². The van der Waals surface area contributed by atoms with Crippen LogP contribution in [0.5, 0.6) is 0 Å². The molecule has 0 spiro atoms. The summed E-state index contributed by atoms with van der Waals surface area (Å²) in [5, 5.41) is 0. The van der Waals surface area contributed by atoms with Crippen LogP contribution < -0.4 is 0 Å². The van der Waals surface area contributed by atoms with Gasteiger partial charge in [-0.15, -0.1) is 0 Å². The summed E-state index contributed by atoms with van der Waals surface area (Å²) < 4.78 is 22.8. The Labute approximate surface area is 47.5 Å². The first-order valence-corrected chi connectivity index (χ1v) is 2.36. The minimum absolute atomic E-state index is 0.223. The molecule has 0 saturated carbocycles. The molecule has 0 fully saturated rings. The predicted molar refractivity (Wildman–Crippen MR) is 29.7 cm³/mol. The van der Waals surface area contributed by atoms with Gasteiger partial charge in [-0.05, 0) is 6.42 Å². The molecule has 0 heterocycles. The van der Waals surface area contributed by atoms with Crippen molar-refractivity contribution in [2.75, 3.05) is 0 Å². The van der Waals surface area contributed by atoms with E-state index in [-0.39, 0.29) is 6.42 Å². The zero-order valence-corrected chi connectivity index (χ0v) is 4.53. The van der Waals surface area contributed by atoms with Crippen LogP contribution in [0.4, 0.5) is 8.78 Å². The van der Waals surface area contributed by atoms with E-state index in [9.17, 15) is 8.78 Å². The molecule has 0 nitrogen and oxygen atoms in total. The van der Waals surface area contributed by atoms with Crippen LogP contribution in [0.15, 0.2) is 24.8 Å². The van der Waals surface area contributed by atoms with Gasteiger partial charge in [0.25, 0.3) is 0 Å². The molecule has 0 aliphatic rings. The van der Waals surface area contributed by atoms with Gasteiger partial charge in [-0.3, -0.25) is 0 Å². The van der Waals surface area contributed by atoms with E-state index < -0.39 is 5.83 Å². The number of hydrogen-bond donors (Lipinski definition) is 0. The van der Waals surface area contributed by atoms with Crippen LogP contribution in [0.25, 0.3) is 0 Å². The fraction of sp³-hybridized carbons (Fsp3) is 0.333. The Morgan fingerprint density at radius 2 is 2.25 bits per heavy atom. The molecule has 0 aliphatic carbocycles. The summed E-state index contributed by atoms with van der Waals surface area (Å²) in [7, 11) is 0. The molecule has 0 N–H and O–H groups in total. The second-order valence-corrected chi connectivity index (χ2v) is 1.42. The molecule has 0 saturated heterocycles. The van der Waals surface area contributed by atoms with Gasteiger partial charge in [0, 0.05) is 6.42 Å². The second-order valence-electron chi connectivity index (χ2n) is 1.42. The van der Waals surface area contributed by atoms with Crippen LogP contribution in [-0.4, -0.2) is 0 Å². The second kappa shape index (κ2) is 4.50. The number of allylic oxidation sites excluding steroid dienone is 2. The molecule has 2 heteroatoms. The largest absolute Gasteiger partial charge is 0.216 e. The van der Waals surface area contributed by atoms with Crippen LogP contribution in [-0.2, 0) is 0 Å². The fourth-order valence-electron chi connectivity index (χ4n) is 0.303. The molecular weight excluding hydrogens is 110 g/mol. The van der Waals surface area contributed by atoms with Gasteiger partial charge in [-0.25, -0.2) is 8.78 Å². The van der Waals surface area contributed by atoms with E-state index in [0.29, 0.717) is 12.8 Å². The zero-order chi connectivity index (χ0) is 6.41. The summed E-state index contributed by atoms with van der Waals surface area (Å²) in [6.07, 6.45) is 2.28. The Balaban J connectivity index is 3.05. The van der Waals surface area contributed by atoms with E-state index >= 15 is 0 Å². The van der Waals surface area contributed by atoms with Gasteiger partial charge >= 0.3 is 0 Å². The highest BCUT2D eigenvalue weighted by Crippen LogP contribution is 2.02. The first kappa shape index (κ1) is 7.34. The summed E-state index contributed by atoms with van der Waals surface area (Å²) in [6.45, 7) is 3.00. The van der Waals surface area contributed by atoms with Crippen LogP contribution in [0.1, 0.15) is 12.8 Å². The molecule has 8 heavy (non-hydrogen) atoms. The lowest BCUT2D eigenvalue weighted by atomic mass is 10.3. The monoisotopic (exact) mass is 118 g/mol. The molecule has 0 bridgehead atoms. The Morgan fingerprint density at radius 1 is 1.62 bits per heavy atom. The van der Waals surface area contributed by atoms with Gasteiger partial charge in [-0.1, -0.05) is 12.7 Å². The van der Waals surface area contributed by atoms with Crippen molar-refractivity contribution >= 4 is 0 Å². The summed E-state index contributed by atoms with van der Waals surface area (Å²) in [4.78, 5) is 0. The Morgan fingerprint density at radius 3 is 2.62 bits per heavy atom. The Hall–Kier alpha value is -0.660. The first-order chi connectivity index (χ1) is 3.77. The molecule has 0 radical (unpaired) electrons. The molecule has 46 valence electrons. The maximum Gasteiger partial charge on any atom is 0.0931 e. The standard InChI is InChI=1S/C6H8F2/c1-6(8)4-2-3-5-7/h3,5H,1-2,4H2/b5-3+. The summed E-state index contributed by atoms with van der Waals surface area (Å²) in [5.74, 6) is -0.400. The molecule has 0 unspecified atom stereocenters. The van der Waals surface area contributed by atoms with Crippen LogP contribution >= 0.6 is 0 Å². The molecule has 0 aromatic carbocycles. The third-order valence-corrected chi connectivity index (χ3v) is 0.671. The third-order valence-electron chi connectivity index (χ3n) is 0.671. The van der Waals surface area contributed by atoms with Gasteiger partial charge in [0.1, 0.15) is 0 Å². The Kier molecular flexibility index (Phi) is 4.13. The van der Waals surface area contributed by atoms with Gasteiger partial charge in [0.15, 0.2) is 0 Å². The smallest absolute Gasteiger partial charge is 0.0931 e. The minimum Gasteiger partial charge on any atom is -0.216 e. The van der Waals surface area contributed by atoms with Gasteiger partial charge in [0.2, 0.25) is 0 Å². The first-order valence-electron chi connectivity index (χ1n) is 2.36. The lowest BCUT2D eigenvalue weighted by Crippen LogP contribution is -1.67. The molecule has 0 aliphatic heterocycles. The topological polar surface area (TPSA) is 0 Å². The zero-order valence-electron chi connectivity index (χ0n) is 4.53. The van der Waals surface area contributed by atoms with Crippen LogP contribution in [0.2, 0.25) is 0 Å². The lowest BCUT2D eigenvalue weighted by Gasteiger charge is -1.85. The number of rotatable bonds is 3. The summed E-state index contributed by atoms with van der Waals surface area (Å²) >= 11 is 0. The van der Waals surface area contributed by atoms with Gasteiger partial charge in [-0.2, -0.15) is 0 Å². The van der Waals surface area contributed by atoms with Crippen molar-refractivity contribution in [2.45, 2.75) is 12.8 Å². The SMILES string of the molecule is C=C(F)CC/C=C/F. The minimum atomic E-state index is -0.400. The predicted octanol–water partition coefficient (Wildman–Crippen LogP) is 2.73. The average molecular weight is 118 g/mol. The quantitative estimate of drug-likeness (QED) is 0.534.